The van der Waals surface area contributed by atoms with Crippen LogP contribution in [-0.4, -0.2) is 72.6 Å². The highest BCUT2D eigenvalue weighted by Crippen LogP contribution is 2.28. The number of rotatable bonds is 6. The van der Waals surface area contributed by atoms with Crippen LogP contribution in [0.3, 0.4) is 0 Å². The van der Waals surface area contributed by atoms with Crippen molar-refractivity contribution in [3.63, 3.8) is 0 Å². The zero-order valence-corrected chi connectivity index (χ0v) is 19.6. The van der Waals surface area contributed by atoms with Gasteiger partial charge in [-0.3, -0.25) is 4.79 Å². The molecule has 2 aromatic rings. The average Bonchev–Trinajstić information content (AvgIpc) is 2.84. The number of β-amino-alcohol motifs (C(OH)–C–C–N with tert-alkyl or cyclic N) is 1. The predicted molar refractivity (Wildman–Crippen MR) is 128 cm³/mol. The first-order valence-corrected chi connectivity index (χ1v) is 12.0. The molecule has 3 N–H and O–H groups in total. The van der Waals surface area contributed by atoms with E-state index in [0.29, 0.717) is 25.1 Å². The molecule has 188 valence electrons. The van der Waals surface area contributed by atoms with E-state index in [4.69, 9.17) is 9.47 Å². The summed E-state index contributed by atoms with van der Waals surface area (Å²) >= 11 is 0. The smallest absolute Gasteiger partial charge is 0.322 e. The number of nitrogens with one attached hydrogen (secondary N) is 2. The number of amides is 3. The number of anilines is 1. The van der Waals surface area contributed by atoms with E-state index in [0.717, 1.165) is 12.0 Å². The van der Waals surface area contributed by atoms with Gasteiger partial charge < -0.3 is 30.1 Å². The first-order chi connectivity index (χ1) is 17.0. The van der Waals surface area contributed by atoms with E-state index >= 15 is 0 Å². The third kappa shape index (κ3) is 7.24. The summed E-state index contributed by atoms with van der Waals surface area (Å²) in [5.41, 5.74) is 1.62. The highest BCUT2D eigenvalue weighted by atomic mass is 19.1. The number of fused-ring (bicyclic) bond motifs is 1. The molecule has 0 radical (unpaired) electrons. The van der Waals surface area contributed by atoms with Crippen molar-refractivity contribution in [2.45, 2.75) is 50.0 Å². The molecule has 2 aliphatic heterocycles. The van der Waals surface area contributed by atoms with Crippen molar-refractivity contribution in [1.29, 1.82) is 0 Å². The fraction of sp³-hybridized carbons (Fsp3) is 0.462. The highest BCUT2D eigenvalue weighted by molar-refractivity contribution is 5.89. The number of carbonyl (C=O) groups is 2. The van der Waals surface area contributed by atoms with E-state index in [1.54, 1.807) is 4.90 Å². The van der Waals surface area contributed by atoms with Gasteiger partial charge in [0, 0.05) is 12.2 Å². The molecule has 0 bridgehead atoms. The van der Waals surface area contributed by atoms with E-state index in [1.807, 2.05) is 30.3 Å². The van der Waals surface area contributed by atoms with Crippen LogP contribution < -0.4 is 10.6 Å². The van der Waals surface area contributed by atoms with Gasteiger partial charge in [-0.15, -0.1) is 0 Å². The minimum Gasteiger partial charge on any atom is -0.389 e. The van der Waals surface area contributed by atoms with Crippen molar-refractivity contribution in [3.8, 4) is 0 Å². The Hall–Kier alpha value is -3.01. The first kappa shape index (κ1) is 25.1. The summed E-state index contributed by atoms with van der Waals surface area (Å²) in [5.74, 6) is -0.463. The molecule has 35 heavy (non-hydrogen) atoms. The lowest BCUT2D eigenvalue weighted by atomic mass is 9.95. The monoisotopic (exact) mass is 485 g/mol. The molecule has 0 saturated carbocycles. The van der Waals surface area contributed by atoms with Crippen LogP contribution in [0.5, 0.6) is 0 Å². The number of aliphatic hydroxyl groups excluding tert-OH is 1. The maximum absolute atomic E-state index is 13.2. The van der Waals surface area contributed by atoms with Gasteiger partial charge >= 0.3 is 6.03 Å². The van der Waals surface area contributed by atoms with Gasteiger partial charge in [-0.05, 0) is 49.1 Å². The summed E-state index contributed by atoms with van der Waals surface area (Å²) in [6.07, 6.45) is 0.686. The molecule has 2 aromatic carbocycles. The maximum atomic E-state index is 13.2. The SMILES string of the molecule is O=C(C[C@@H]1CC[C@@H]2[C@H](COC[C@H](O)CN2C(=O)Nc2ccc(F)cc2)O1)NCCc1ccccc1. The summed E-state index contributed by atoms with van der Waals surface area (Å²) in [6, 6.07) is 14.8. The number of carbonyl (C=O) groups excluding carboxylic acids is 2. The highest BCUT2D eigenvalue weighted by Gasteiger charge is 2.40. The number of urea groups is 1. The second-order valence-electron chi connectivity index (χ2n) is 9.01. The largest absolute Gasteiger partial charge is 0.389 e. The number of nitrogens with zero attached hydrogens (tertiary/aromatic N) is 1. The van der Waals surface area contributed by atoms with Gasteiger partial charge in [-0.1, -0.05) is 30.3 Å². The molecule has 0 spiro atoms. The molecule has 2 saturated heterocycles. The van der Waals surface area contributed by atoms with Gasteiger partial charge in [-0.2, -0.15) is 0 Å². The molecular formula is C26H32FN3O5. The topological polar surface area (TPSA) is 100 Å². The van der Waals surface area contributed by atoms with Crippen LogP contribution >= 0.6 is 0 Å². The van der Waals surface area contributed by atoms with Crippen LogP contribution in [-0.2, 0) is 20.7 Å². The summed E-state index contributed by atoms with van der Waals surface area (Å²) in [6.45, 7) is 0.938. The Bertz CT molecular complexity index is 975. The fourth-order valence-electron chi connectivity index (χ4n) is 4.57. The number of hydrogen-bond acceptors (Lipinski definition) is 5. The lowest BCUT2D eigenvalue weighted by Crippen LogP contribution is -2.58. The minimum atomic E-state index is -0.831. The summed E-state index contributed by atoms with van der Waals surface area (Å²) in [5, 5.41) is 16.0. The number of benzene rings is 2. The quantitative estimate of drug-likeness (QED) is 0.584. The van der Waals surface area contributed by atoms with E-state index in [9.17, 15) is 19.1 Å². The van der Waals surface area contributed by atoms with Crippen LogP contribution in [0.25, 0.3) is 0 Å². The van der Waals surface area contributed by atoms with E-state index in [2.05, 4.69) is 10.6 Å². The first-order valence-electron chi connectivity index (χ1n) is 12.0. The van der Waals surface area contributed by atoms with Crippen LogP contribution in [0.2, 0.25) is 0 Å². The van der Waals surface area contributed by atoms with Crippen LogP contribution in [0.4, 0.5) is 14.9 Å². The lowest BCUT2D eigenvalue weighted by Gasteiger charge is -2.44. The molecule has 0 aromatic heterocycles. The number of ether oxygens (including phenoxy) is 2. The normalized spacial score (nSPS) is 24.6. The average molecular weight is 486 g/mol. The predicted octanol–water partition coefficient (Wildman–Crippen LogP) is 2.72. The Labute approximate surface area is 204 Å². The molecule has 8 nitrogen and oxygen atoms in total. The molecule has 2 heterocycles. The molecule has 4 rings (SSSR count). The number of aliphatic hydroxyl groups is 1. The zero-order chi connectivity index (χ0) is 24.6. The van der Waals surface area contributed by atoms with Crippen LogP contribution in [0.1, 0.15) is 24.8 Å². The van der Waals surface area contributed by atoms with Gasteiger partial charge in [-0.25, -0.2) is 9.18 Å². The molecular weight excluding hydrogens is 453 g/mol. The Balaban J connectivity index is 1.32. The molecule has 3 amide bonds. The van der Waals surface area contributed by atoms with Crippen molar-refractivity contribution in [2.24, 2.45) is 0 Å². The van der Waals surface area contributed by atoms with Crippen LogP contribution in [0, 0.1) is 5.82 Å². The molecule has 9 heteroatoms. The second-order valence-corrected chi connectivity index (χ2v) is 9.01. The Kier molecular flexibility index (Phi) is 8.68. The molecule has 2 fully saturated rings. The van der Waals surface area contributed by atoms with Crippen molar-refractivity contribution in [3.05, 3.63) is 66.0 Å². The molecule has 4 atom stereocenters. The van der Waals surface area contributed by atoms with Crippen molar-refractivity contribution in [1.82, 2.24) is 10.2 Å². The summed E-state index contributed by atoms with van der Waals surface area (Å²) < 4.78 is 25.0. The number of hydrogen-bond donors (Lipinski definition) is 3. The van der Waals surface area contributed by atoms with E-state index in [1.165, 1.54) is 24.3 Å². The number of halogens is 1. The lowest BCUT2D eigenvalue weighted by molar-refractivity contribution is -0.149. The second kappa shape index (κ2) is 12.1. The fourth-order valence-corrected chi connectivity index (χ4v) is 4.57. The van der Waals surface area contributed by atoms with Gasteiger partial charge in [0.25, 0.3) is 0 Å². The van der Waals surface area contributed by atoms with E-state index in [-0.39, 0.29) is 44.2 Å². The minimum absolute atomic E-state index is 0.0718. The third-order valence-corrected chi connectivity index (χ3v) is 6.33. The molecule has 0 aliphatic carbocycles. The zero-order valence-electron chi connectivity index (χ0n) is 19.6. The molecule has 0 unspecified atom stereocenters. The Morgan fingerprint density at radius 3 is 2.60 bits per heavy atom. The molecule has 2 aliphatic rings. The summed E-state index contributed by atoms with van der Waals surface area (Å²) in [4.78, 5) is 27.1. The Morgan fingerprint density at radius 1 is 1.06 bits per heavy atom. The Morgan fingerprint density at radius 2 is 1.83 bits per heavy atom. The van der Waals surface area contributed by atoms with Crippen molar-refractivity contribution >= 4 is 17.6 Å². The summed E-state index contributed by atoms with van der Waals surface area (Å²) in [7, 11) is 0. The maximum Gasteiger partial charge on any atom is 0.322 e. The van der Waals surface area contributed by atoms with E-state index < -0.39 is 24.1 Å². The van der Waals surface area contributed by atoms with Gasteiger partial charge in [0.2, 0.25) is 5.91 Å². The standard InChI is InChI=1S/C26H32FN3O5/c27-19-6-8-20(9-7-19)29-26(33)30-15-21(31)16-34-17-24-23(30)11-10-22(35-24)14-25(32)28-13-12-18-4-2-1-3-5-18/h1-9,21-24,31H,10-17H2,(H,28,32)(H,29,33)/t21-,22+,23-,24+/m1/s1. The van der Waals surface area contributed by atoms with Crippen LogP contribution in [0.15, 0.2) is 54.6 Å². The van der Waals surface area contributed by atoms with Crippen molar-refractivity contribution < 1.29 is 28.6 Å². The van der Waals surface area contributed by atoms with Gasteiger partial charge in [0.05, 0.1) is 44.4 Å². The third-order valence-electron chi connectivity index (χ3n) is 6.33. The van der Waals surface area contributed by atoms with Gasteiger partial charge in [0.15, 0.2) is 0 Å². The van der Waals surface area contributed by atoms with Crippen molar-refractivity contribution in [2.75, 3.05) is 31.6 Å². The van der Waals surface area contributed by atoms with Gasteiger partial charge in [0.1, 0.15) is 11.9 Å².